The van der Waals surface area contributed by atoms with E-state index in [9.17, 15) is 10.1 Å². The van der Waals surface area contributed by atoms with Gasteiger partial charge >= 0.3 is 0 Å². The molecule has 0 atom stereocenters. The molecule has 0 fully saturated rings. The lowest BCUT2D eigenvalue weighted by atomic mass is 10.1. The second kappa shape index (κ2) is 5.25. The van der Waals surface area contributed by atoms with Crippen LogP contribution < -0.4 is 0 Å². The fourth-order valence-electron chi connectivity index (χ4n) is 1.39. The van der Waals surface area contributed by atoms with Crippen LogP contribution in [0.15, 0.2) is 46.3 Å². The highest BCUT2D eigenvalue weighted by Crippen LogP contribution is 2.26. The normalized spacial score (nSPS) is 11.5. The number of hydrogen-bond acceptors (Lipinski definition) is 3. The van der Waals surface area contributed by atoms with E-state index in [1.807, 2.05) is 18.2 Å². The summed E-state index contributed by atoms with van der Waals surface area (Å²) in [5.41, 5.74) is 0.724. The Kier molecular flexibility index (Phi) is 3.71. The highest BCUT2D eigenvalue weighted by molar-refractivity contribution is 9.11. The molecule has 0 bridgehead atoms. The van der Waals surface area contributed by atoms with Crippen molar-refractivity contribution in [3.8, 4) is 0 Å². The molecule has 2 aromatic rings. The number of benzene rings is 1. The number of thiophene rings is 1. The summed E-state index contributed by atoms with van der Waals surface area (Å²) in [6, 6.07) is 12.6. The molecule has 0 radical (unpaired) electrons. The lowest BCUT2D eigenvalue weighted by molar-refractivity contribution is -0.374. The van der Waals surface area contributed by atoms with Crippen molar-refractivity contribution in [3.63, 3.8) is 0 Å². The zero-order chi connectivity index (χ0) is 12.3. The van der Waals surface area contributed by atoms with Crippen LogP contribution in [-0.2, 0) is 0 Å². The highest BCUT2D eigenvalue weighted by atomic mass is 79.9. The molecule has 0 aliphatic carbocycles. The Morgan fingerprint density at radius 1 is 1.24 bits per heavy atom. The molecule has 2 rings (SSSR count). The van der Waals surface area contributed by atoms with Crippen molar-refractivity contribution in [2.24, 2.45) is 0 Å². The molecule has 5 heteroatoms. The van der Waals surface area contributed by atoms with E-state index < -0.39 is 0 Å². The Hall–Kier alpha value is -1.46. The van der Waals surface area contributed by atoms with E-state index in [1.165, 1.54) is 11.3 Å². The van der Waals surface area contributed by atoms with Crippen LogP contribution in [-0.4, -0.2) is 4.92 Å². The average Bonchev–Trinajstić information content (AvgIpc) is 2.73. The molecule has 0 aliphatic rings. The first-order chi connectivity index (χ1) is 8.16. The van der Waals surface area contributed by atoms with Crippen LogP contribution in [0.3, 0.4) is 0 Å². The summed E-state index contributed by atoms with van der Waals surface area (Å²) in [7, 11) is 0. The molecule has 17 heavy (non-hydrogen) atoms. The van der Waals surface area contributed by atoms with E-state index in [1.54, 1.807) is 30.3 Å². The summed E-state index contributed by atoms with van der Waals surface area (Å²) in [6.07, 6.45) is 1.59. The SMILES string of the molecule is O=[N+]([O-])C(=Cc1ccc(Br)s1)c1ccccc1. The van der Waals surface area contributed by atoms with Gasteiger partial charge in [-0.15, -0.1) is 11.3 Å². The number of nitro groups is 1. The predicted octanol–water partition coefficient (Wildman–Crippen LogP) is 4.29. The maximum Gasteiger partial charge on any atom is 0.277 e. The van der Waals surface area contributed by atoms with Crippen molar-refractivity contribution in [1.82, 2.24) is 0 Å². The first-order valence-corrected chi connectivity index (χ1v) is 6.44. The van der Waals surface area contributed by atoms with Crippen molar-refractivity contribution in [1.29, 1.82) is 0 Å². The molecule has 0 aliphatic heterocycles. The number of nitrogens with zero attached hydrogens (tertiary/aromatic N) is 1. The number of hydrogen-bond donors (Lipinski definition) is 0. The van der Waals surface area contributed by atoms with Gasteiger partial charge in [-0.05, 0) is 40.2 Å². The lowest BCUT2D eigenvalue weighted by Crippen LogP contribution is -1.96. The number of halogens is 1. The Labute approximate surface area is 111 Å². The third-order valence-electron chi connectivity index (χ3n) is 2.14. The third kappa shape index (κ3) is 3.01. The fourth-order valence-corrected chi connectivity index (χ4v) is 2.75. The molecular formula is C12H8BrNO2S. The second-order valence-electron chi connectivity index (χ2n) is 3.29. The van der Waals surface area contributed by atoms with Crippen LogP contribution in [0, 0.1) is 10.1 Å². The Bertz CT molecular complexity index is 563. The quantitative estimate of drug-likeness (QED) is 0.627. The Morgan fingerprint density at radius 3 is 2.47 bits per heavy atom. The summed E-state index contributed by atoms with van der Waals surface area (Å²) in [4.78, 5) is 11.5. The van der Waals surface area contributed by atoms with Crippen LogP contribution in [0.4, 0.5) is 0 Å². The summed E-state index contributed by atoms with van der Waals surface area (Å²) in [5.74, 6) is 0. The summed E-state index contributed by atoms with van der Waals surface area (Å²) in [5, 5.41) is 11.0. The van der Waals surface area contributed by atoms with Crippen molar-refractivity contribution in [3.05, 3.63) is 66.8 Å². The van der Waals surface area contributed by atoms with Crippen LogP contribution >= 0.6 is 27.3 Å². The lowest BCUT2D eigenvalue weighted by Gasteiger charge is -1.97. The maximum absolute atomic E-state index is 11.0. The number of rotatable bonds is 3. The van der Waals surface area contributed by atoms with Gasteiger partial charge in [0.15, 0.2) is 0 Å². The topological polar surface area (TPSA) is 43.1 Å². The van der Waals surface area contributed by atoms with Gasteiger partial charge in [0.05, 0.1) is 14.3 Å². The van der Waals surface area contributed by atoms with Crippen molar-refractivity contribution < 1.29 is 4.92 Å². The minimum atomic E-state index is -0.358. The minimum Gasteiger partial charge on any atom is -0.258 e. The highest BCUT2D eigenvalue weighted by Gasteiger charge is 2.13. The molecule has 3 nitrogen and oxygen atoms in total. The van der Waals surface area contributed by atoms with Gasteiger partial charge in [-0.3, -0.25) is 10.1 Å². The zero-order valence-electron chi connectivity index (χ0n) is 8.67. The minimum absolute atomic E-state index is 0.111. The van der Waals surface area contributed by atoms with Crippen LogP contribution in [0.25, 0.3) is 11.8 Å². The Morgan fingerprint density at radius 2 is 1.94 bits per heavy atom. The largest absolute Gasteiger partial charge is 0.277 e. The molecule has 1 aromatic heterocycles. The monoisotopic (exact) mass is 309 g/mol. The third-order valence-corrected chi connectivity index (χ3v) is 3.71. The second-order valence-corrected chi connectivity index (χ2v) is 5.79. The summed E-state index contributed by atoms with van der Waals surface area (Å²) >= 11 is 4.80. The average molecular weight is 310 g/mol. The van der Waals surface area contributed by atoms with Gasteiger partial charge in [0.1, 0.15) is 0 Å². The van der Waals surface area contributed by atoms with Gasteiger partial charge in [0.2, 0.25) is 0 Å². The molecule has 0 N–H and O–H groups in total. The molecule has 0 saturated carbocycles. The predicted molar refractivity (Wildman–Crippen MR) is 73.3 cm³/mol. The van der Waals surface area contributed by atoms with E-state index in [2.05, 4.69) is 15.9 Å². The van der Waals surface area contributed by atoms with Gasteiger partial charge in [-0.25, -0.2) is 0 Å². The van der Waals surface area contributed by atoms with Crippen LogP contribution in [0.5, 0.6) is 0 Å². The molecule has 86 valence electrons. The smallest absolute Gasteiger partial charge is 0.258 e. The van der Waals surface area contributed by atoms with E-state index in [-0.39, 0.29) is 10.6 Å². The molecule has 1 aromatic carbocycles. The first kappa shape index (κ1) is 12.0. The van der Waals surface area contributed by atoms with Gasteiger partial charge < -0.3 is 0 Å². The van der Waals surface area contributed by atoms with E-state index in [0.717, 1.165) is 8.66 Å². The summed E-state index contributed by atoms with van der Waals surface area (Å²) < 4.78 is 0.958. The van der Waals surface area contributed by atoms with Crippen molar-refractivity contribution >= 4 is 39.0 Å². The molecule has 0 unspecified atom stereocenters. The zero-order valence-corrected chi connectivity index (χ0v) is 11.1. The fraction of sp³-hybridized carbons (Fsp3) is 0. The van der Waals surface area contributed by atoms with E-state index >= 15 is 0 Å². The Balaban J connectivity index is 2.43. The van der Waals surface area contributed by atoms with Gasteiger partial charge in [-0.2, -0.15) is 0 Å². The van der Waals surface area contributed by atoms with Crippen LogP contribution in [0.1, 0.15) is 10.4 Å². The molecule has 0 saturated heterocycles. The standard InChI is InChI=1S/C12H8BrNO2S/c13-12-7-6-10(17-12)8-11(14(15)16)9-4-2-1-3-5-9/h1-8H. The van der Waals surface area contributed by atoms with Crippen LogP contribution in [0.2, 0.25) is 0 Å². The van der Waals surface area contributed by atoms with E-state index in [4.69, 9.17) is 0 Å². The molecule has 0 spiro atoms. The van der Waals surface area contributed by atoms with Crippen molar-refractivity contribution in [2.45, 2.75) is 0 Å². The maximum atomic E-state index is 11.0. The van der Waals surface area contributed by atoms with Gasteiger partial charge in [0, 0.05) is 11.0 Å². The molecular weight excluding hydrogens is 302 g/mol. The van der Waals surface area contributed by atoms with Crippen molar-refractivity contribution in [2.75, 3.05) is 0 Å². The van der Waals surface area contributed by atoms with E-state index in [0.29, 0.717) is 5.56 Å². The first-order valence-electron chi connectivity index (χ1n) is 4.83. The molecule has 1 heterocycles. The van der Waals surface area contributed by atoms with Gasteiger partial charge in [-0.1, -0.05) is 18.2 Å². The summed E-state index contributed by atoms with van der Waals surface area (Å²) in [6.45, 7) is 0. The molecule has 0 amide bonds. The van der Waals surface area contributed by atoms with Gasteiger partial charge in [0.25, 0.3) is 5.70 Å².